The number of thioether (sulfide) groups is 1. The molecule has 1 atom stereocenters. The third-order valence-corrected chi connectivity index (χ3v) is 3.11. The van der Waals surface area contributed by atoms with Crippen LogP contribution in [-0.4, -0.2) is 22.7 Å². The Kier molecular flexibility index (Phi) is 2.86. The summed E-state index contributed by atoms with van der Waals surface area (Å²) in [4.78, 5) is 0. The third kappa shape index (κ3) is 2.59. The molecule has 1 aliphatic heterocycles. The van der Waals surface area contributed by atoms with Crippen LogP contribution in [0.4, 0.5) is 0 Å². The minimum Gasteiger partial charge on any atom is -0.393 e. The van der Waals surface area contributed by atoms with Crippen molar-refractivity contribution >= 4 is 11.8 Å². The Balaban J connectivity index is 1.91. The fraction of sp³-hybridized carbons (Fsp3) is 1.00. The van der Waals surface area contributed by atoms with E-state index in [1.54, 1.807) is 0 Å². The first-order valence-electron chi connectivity index (χ1n) is 3.55. The molecule has 0 amide bonds. The van der Waals surface area contributed by atoms with Crippen molar-refractivity contribution in [3.63, 3.8) is 0 Å². The van der Waals surface area contributed by atoms with Crippen LogP contribution in [0.15, 0.2) is 0 Å². The number of rotatable bonds is 3. The molecular weight excluding hydrogens is 132 g/mol. The first-order chi connectivity index (χ1) is 4.29. The first-order valence-corrected chi connectivity index (χ1v) is 4.70. The topological polar surface area (TPSA) is 20.2 Å². The van der Waals surface area contributed by atoms with Crippen LogP contribution < -0.4 is 0 Å². The Labute approximate surface area is 60.8 Å². The van der Waals surface area contributed by atoms with Crippen molar-refractivity contribution in [2.45, 2.75) is 25.9 Å². The molecule has 0 spiro atoms. The van der Waals surface area contributed by atoms with Gasteiger partial charge in [0.15, 0.2) is 0 Å². The second kappa shape index (κ2) is 3.47. The fourth-order valence-corrected chi connectivity index (χ4v) is 1.83. The van der Waals surface area contributed by atoms with Gasteiger partial charge in [0.1, 0.15) is 0 Å². The molecule has 1 nitrogen and oxygen atoms in total. The van der Waals surface area contributed by atoms with Gasteiger partial charge < -0.3 is 5.11 Å². The fourth-order valence-electron chi connectivity index (χ4n) is 0.928. The van der Waals surface area contributed by atoms with Gasteiger partial charge in [-0.1, -0.05) is 0 Å². The molecule has 54 valence electrons. The molecule has 0 bridgehead atoms. The maximum atomic E-state index is 8.91. The lowest BCUT2D eigenvalue weighted by Gasteiger charge is -2.24. The molecule has 9 heavy (non-hydrogen) atoms. The zero-order chi connectivity index (χ0) is 6.69. The molecule has 1 aliphatic rings. The summed E-state index contributed by atoms with van der Waals surface area (Å²) in [5, 5.41) is 8.91. The minimum atomic E-state index is -0.0874. The van der Waals surface area contributed by atoms with Crippen molar-refractivity contribution in [2.75, 3.05) is 11.5 Å². The van der Waals surface area contributed by atoms with Gasteiger partial charge in [0.25, 0.3) is 0 Å². The van der Waals surface area contributed by atoms with E-state index in [0.29, 0.717) is 0 Å². The predicted molar refractivity (Wildman–Crippen MR) is 41.7 cm³/mol. The lowest BCUT2D eigenvalue weighted by Crippen LogP contribution is -2.19. The number of aliphatic hydroxyl groups excluding tert-OH is 1. The number of hydrogen-bond donors (Lipinski definition) is 1. The molecule has 1 heterocycles. The van der Waals surface area contributed by atoms with Crippen LogP contribution in [-0.2, 0) is 0 Å². The van der Waals surface area contributed by atoms with Gasteiger partial charge in [-0.3, -0.25) is 0 Å². The number of aliphatic hydroxyl groups is 1. The lowest BCUT2D eigenvalue weighted by molar-refractivity contribution is 0.176. The van der Waals surface area contributed by atoms with E-state index < -0.39 is 0 Å². The normalized spacial score (nSPS) is 23.3. The van der Waals surface area contributed by atoms with Crippen molar-refractivity contribution in [3.05, 3.63) is 0 Å². The highest BCUT2D eigenvalue weighted by Crippen LogP contribution is 2.28. The van der Waals surface area contributed by atoms with Crippen LogP contribution >= 0.6 is 11.8 Å². The van der Waals surface area contributed by atoms with Crippen molar-refractivity contribution in [3.8, 4) is 0 Å². The van der Waals surface area contributed by atoms with E-state index in [4.69, 9.17) is 5.11 Å². The highest BCUT2D eigenvalue weighted by molar-refractivity contribution is 8.00. The molecule has 0 saturated carbocycles. The van der Waals surface area contributed by atoms with Crippen LogP contribution in [0.1, 0.15) is 19.8 Å². The Hall–Kier alpha value is 0.310. The summed E-state index contributed by atoms with van der Waals surface area (Å²) in [5.74, 6) is 3.57. The Bertz CT molecular complexity index is 79.0. The molecule has 0 aromatic heterocycles. The van der Waals surface area contributed by atoms with Crippen LogP contribution in [0.3, 0.4) is 0 Å². The van der Waals surface area contributed by atoms with Gasteiger partial charge in [-0.25, -0.2) is 0 Å². The average molecular weight is 146 g/mol. The summed E-state index contributed by atoms with van der Waals surface area (Å²) in [6.07, 6.45) is 2.13. The molecule has 0 aromatic carbocycles. The maximum Gasteiger partial charge on any atom is 0.0512 e. The van der Waals surface area contributed by atoms with Gasteiger partial charge >= 0.3 is 0 Å². The Morgan fingerprint density at radius 3 is 2.67 bits per heavy atom. The third-order valence-electron chi connectivity index (χ3n) is 1.70. The van der Waals surface area contributed by atoms with E-state index in [1.165, 1.54) is 17.9 Å². The van der Waals surface area contributed by atoms with Crippen molar-refractivity contribution in [2.24, 2.45) is 5.92 Å². The smallest absolute Gasteiger partial charge is 0.0512 e. The summed E-state index contributed by atoms with van der Waals surface area (Å²) in [6, 6.07) is 0. The molecular formula is C7H14OS. The van der Waals surface area contributed by atoms with Crippen molar-refractivity contribution in [1.82, 2.24) is 0 Å². The van der Waals surface area contributed by atoms with Gasteiger partial charge in [-0.05, 0) is 37.2 Å². The average Bonchev–Trinajstić information content (AvgIpc) is 1.60. The van der Waals surface area contributed by atoms with Crippen molar-refractivity contribution < 1.29 is 5.11 Å². The highest BCUT2D eigenvalue weighted by Gasteiger charge is 2.17. The van der Waals surface area contributed by atoms with Gasteiger partial charge in [0.2, 0.25) is 0 Å². The van der Waals surface area contributed by atoms with Crippen LogP contribution in [0, 0.1) is 5.92 Å². The summed E-state index contributed by atoms with van der Waals surface area (Å²) >= 11 is 2.02. The van der Waals surface area contributed by atoms with Crippen molar-refractivity contribution in [1.29, 1.82) is 0 Å². The molecule has 2 heteroatoms. The van der Waals surface area contributed by atoms with Crippen LogP contribution in [0.5, 0.6) is 0 Å². The monoisotopic (exact) mass is 146 g/mol. The zero-order valence-electron chi connectivity index (χ0n) is 5.84. The molecule has 0 radical (unpaired) electrons. The van der Waals surface area contributed by atoms with Gasteiger partial charge in [0, 0.05) is 0 Å². The van der Waals surface area contributed by atoms with E-state index in [9.17, 15) is 0 Å². The second-order valence-corrected chi connectivity index (χ2v) is 3.90. The molecule has 1 unspecified atom stereocenters. The van der Waals surface area contributed by atoms with E-state index in [-0.39, 0.29) is 6.10 Å². The second-order valence-electron chi connectivity index (χ2n) is 2.83. The molecule has 1 rings (SSSR count). The Morgan fingerprint density at radius 2 is 2.33 bits per heavy atom. The summed E-state index contributed by atoms with van der Waals surface area (Å²) in [5.41, 5.74) is 0. The van der Waals surface area contributed by atoms with E-state index >= 15 is 0 Å². The van der Waals surface area contributed by atoms with E-state index in [2.05, 4.69) is 0 Å². The van der Waals surface area contributed by atoms with Crippen LogP contribution in [0.25, 0.3) is 0 Å². The van der Waals surface area contributed by atoms with Gasteiger partial charge in [-0.15, -0.1) is 0 Å². The van der Waals surface area contributed by atoms with E-state index in [1.807, 2.05) is 18.7 Å². The zero-order valence-corrected chi connectivity index (χ0v) is 6.66. The standard InChI is InChI=1S/C7H14OS/c1-6(8)2-3-7-4-9-5-7/h6-8H,2-5H2,1H3. The Morgan fingerprint density at radius 1 is 1.67 bits per heavy atom. The SMILES string of the molecule is CC(O)CCC1CSC1. The summed E-state index contributed by atoms with van der Waals surface area (Å²) in [6.45, 7) is 1.87. The summed E-state index contributed by atoms with van der Waals surface area (Å²) in [7, 11) is 0. The molecule has 1 saturated heterocycles. The molecule has 1 fully saturated rings. The van der Waals surface area contributed by atoms with Gasteiger partial charge in [-0.2, -0.15) is 11.8 Å². The van der Waals surface area contributed by atoms with Gasteiger partial charge in [0.05, 0.1) is 6.10 Å². The molecule has 0 aliphatic carbocycles. The maximum absolute atomic E-state index is 8.91. The number of hydrogen-bond acceptors (Lipinski definition) is 2. The van der Waals surface area contributed by atoms with Crippen LogP contribution in [0.2, 0.25) is 0 Å². The molecule has 1 N–H and O–H groups in total. The quantitative estimate of drug-likeness (QED) is 0.651. The summed E-state index contributed by atoms with van der Waals surface area (Å²) < 4.78 is 0. The lowest BCUT2D eigenvalue weighted by atomic mass is 10.0. The molecule has 0 aromatic rings. The predicted octanol–water partition coefficient (Wildman–Crippen LogP) is 1.51. The highest BCUT2D eigenvalue weighted by atomic mass is 32.2. The minimum absolute atomic E-state index is 0.0874. The largest absolute Gasteiger partial charge is 0.393 e. The first kappa shape index (κ1) is 7.42. The van der Waals surface area contributed by atoms with E-state index in [0.717, 1.165) is 12.3 Å².